The number of hydrogen-bond acceptors (Lipinski definition) is 3. The molecule has 0 spiro atoms. The van der Waals surface area contributed by atoms with Gasteiger partial charge in [0.2, 0.25) is 15.9 Å². The summed E-state index contributed by atoms with van der Waals surface area (Å²) in [6.07, 6.45) is 0.589. The summed E-state index contributed by atoms with van der Waals surface area (Å²) in [6.45, 7) is 1.81. The van der Waals surface area contributed by atoms with Gasteiger partial charge in [-0.2, -0.15) is 0 Å². The second-order valence-corrected chi connectivity index (χ2v) is 6.63. The molecule has 0 fully saturated rings. The Morgan fingerprint density at radius 3 is 2.68 bits per heavy atom. The lowest BCUT2D eigenvalue weighted by Gasteiger charge is -2.14. The molecule has 106 valence electrons. The number of amides is 1. The molecule has 1 aromatic carbocycles. The number of rotatable bonds is 6. The highest BCUT2D eigenvalue weighted by molar-refractivity contribution is 7.90. The molecule has 0 aromatic heterocycles. The monoisotopic (exact) mass is 304 g/mol. The minimum atomic E-state index is -3.53. The van der Waals surface area contributed by atoms with E-state index in [1.165, 1.54) is 7.05 Å². The minimum Gasteiger partial charge on any atom is -0.352 e. The molecule has 0 unspecified atom stereocenters. The van der Waals surface area contributed by atoms with Gasteiger partial charge in [-0.3, -0.25) is 4.79 Å². The Morgan fingerprint density at radius 2 is 2.11 bits per heavy atom. The van der Waals surface area contributed by atoms with E-state index < -0.39 is 21.7 Å². The smallest absolute Gasteiger partial charge is 0.236 e. The summed E-state index contributed by atoms with van der Waals surface area (Å²) in [6, 6.07) is 7.15. The van der Waals surface area contributed by atoms with E-state index in [0.717, 1.165) is 5.56 Å². The molecule has 0 saturated heterocycles. The molecule has 1 atom stereocenters. The molecule has 0 aliphatic heterocycles. The first-order valence-corrected chi connectivity index (χ1v) is 7.80. The molecule has 5 nitrogen and oxygen atoms in total. The summed E-state index contributed by atoms with van der Waals surface area (Å²) in [4.78, 5) is 11.5. The Bertz CT molecular complexity index is 546. The van der Waals surface area contributed by atoms with Crippen LogP contribution in [0.1, 0.15) is 12.5 Å². The predicted octanol–water partition coefficient (Wildman–Crippen LogP) is 0.936. The predicted molar refractivity (Wildman–Crippen MR) is 75.6 cm³/mol. The van der Waals surface area contributed by atoms with E-state index in [1.807, 2.05) is 25.1 Å². The normalized spacial score (nSPS) is 13.0. The summed E-state index contributed by atoms with van der Waals surface area (Å²) in [5.41, 5.74) is 0.983. The molecule has 1 aromatic rings. The van der Waals surface area contributed by atoms with Crippen LogP contribution in [0.25, 0.3) is 0 Å². The average molecular weight is 305 g/mol. The Morgan fingerprint density at radius 1 is 1.42 bits per heavy atom. The van der Waals surface area contributed by atoms with Crippen LogP contribution in [0.5, 0.6) is 0 Å². The zero-order valence-corrected chi connectivity index (χ0v) is 12.4. The molecule has 2 N–H and O–H groups in total. The molecule has 19 heavy (non-hydrogen) atoms. The summed E-state index contributed by atoms with van der Waals surface area (Å²) in [7, 11) is -2.25. The van der Waals surface area contributed by atoms with Crippen LogP contribution in [0, 0.1) is 0 Å². The van der Waals surface area contributed by atoms with Gasteiger partial charge in [-0.05, 0) is 38.1 Å². The van der Waals surface area contributed by atoms with E-state index >= 15 is 0 Å². The molecule has 0 radical (unpaired) electrons. The number of benzene rings is 1. The first-order chi connectivity index (χ1) is 8.82. The van der Waals surface area contributed by atoms with Crippen molar-refractivity contribution in [1.82, 2.24) is 10.0 Å². The van der Waals surface area contributed by atoms with Gasteiger partial charge in [-0.15, -0.1) is 0 Å². The molecule has 1 amide bonds. The highest BCUT2D eigenvalue weighted by Gasteiger charge is 2.16. The fourth-order valence-electron chi connectivity index (χ4n) is 1.63. The third-order valence-electron chi connectivity index (χ3n) is 2.47. The van der Waals surface area contributed by atoms with Crippen LogP contribution in [-0.2, 0) is 21.2 Å². The summed E-state index contributed by atoms with van der Waals surface area (Å²) in [5, 5.41) is 3.27. The Kier molecular flexibility index (Phi) is 5.78. The van der Waals surface area contributed by atoms with Crippen LogP contribution < -0.4 is 10.0 Å². The lowest BCUT2D eigenvalue weighted by Crippen LogP contribution is -2.40. The van der Waals surface area contributed by atoms with Crippen LogP contribution in [0.15, 0.2) is 24.3 Å². The van der Waals surface area contributed by atoms with Crippen molar-refractivity contribution in [3.8, 4) is 0 Å². The van der Waals surface area contributed by atoms with Crippen molar-refractivity contribution in [3.05, 3.63) is 34.9 Å². The lowest BCUT2D eigenvalue weighted by molar-refractivity contribution is -0.119. The SMILES string of the molecule is CNS(=O)(=O)CC(=O)N[C@H](C)Cc1cccc(Cl)c1. The summed E-state index contributed by atoms with van der Waals surface area (Å²) >= 11 is 5.87. The van der Waals surface area contributed by atoms with Crippen molar-refractivity contribution in [3.63, 3.8) is 0 Å². The van der Waals surface area contributed by atoms with Gasteiger partial charge >= 0.3 is 0 Å². The van der Waals surface area contributed by atoms with Gasteiger partial charge < -0.3 is 5.32 Å². The Labute approximate surface area is 118 Å². The second-order valence-electron chi connectivity index (χ2n) is 4.27. The van der Waals surface area contributed by atoms with Gasteiger partial charge in [0.1, 0.15) is 5.75 Å². The van der Waals surface area contributed by atoms with Crippen LogP contribution in [0.2, 0.25) is 5.02 Å². The van der Waals surface area contributed by atoms with Gasteiger partial charge in [-0.1, -0.05) is 23.7 Å². The van der Waals surface area contributed by atoms with Gasteiger partial charge in [-0.25, -0.2) is 13.1 Å². The summed E-state index contributed by atoms with van der Waals surface area (Å²) in [5.74, 6) is -1.09. The molecule has 0 bridgehead atoms. The third-order valence-corrected chi connectivity index (χ3v) is 3.97. The van der Waals surface area contributed by atoms with Crippen molar-refractivity contribution in [2.75, 3.05) is 12.8 Å². The molecule has 0 aliphatic rings. The molecule has 0 aliphatic carbocycles. The average Bonchev–Trinajstić information content (AvgIpc) is 2.27. The fourth-order valence-corrected chi connectivity index (χ4v) is 2.42. The van der Waals surface area contributed by atoms with Gasteiger partial charge in [0.25, 0.3) is 0 Å². The van der Waals surface area contributed by atoms with E-state index in [1.54, 1.807) is 6.07 Å². The van der Waals surface area contributed by atoms with Crippen molar-refractivity contribution < 1.29 is 13.2 Å². The standard InChI is InChI=1S/C12H17ClN2O3S/c1-9(6-10-4-3-5-11(13)7-10)15-12(16)8-19(17,18)14-2/h3-5,7,9,14H,6,8H2,1-2H3,(H,15,16)/t9-/m1/s1. The molecular formula is C12H17ClN2O3S. The van der Waals surface area contributed by atoms with Gasteiger partial charge in [0, 0.05) is 11.1 Å². The van der Waals surface area contributed by atoms with E-state index in [4.69, 9.17) is 11.6 Å². The van der Waals surface area contributed by atoms with Crippen molar-refractivity contribution >= 4 is 27.5 Å². The van der Waals surface area contributed by atoms with Crippen molar-refractivity contribution in [2.24, 2.45) is 0 Å². The van der Waals surface area contributed by atoms with Crippen molar-refractivity contribution in [2.45, 2.75) is 19.4 Å². The van der Waals surface area contributed by atoms with Crippen LogP contribution >= 0.6 is 11.6 Å². The topological polar surface area (TPSA) is 75.3 Å². The molecular weight excluding hydrogens is 288 g/mol. The van der Waals surface area contributed by atoms with Gasteiger partial charge in [0.15, 0.2) is 0 Å². The highest BCUT2D eigenvalue weighted by atomic mass is 35.5. The quantitative estimate of drug-likeness (QED) is 0.821. The fraction of sp³-hybridized carbons (Fsp3) is 0.417. The first kappa shape index (κ1) is 15.9. The number of nitrogens with one attached hydrogen (secondary N) is 2. The number of carbonyl (C=O) groups excluding carboxylic acids is 1. The molecule has 7 heteroatoms. The molecule has 0 saturated carbocycles. The van der Waals surface area contributed by atoms with Crippen molar-refractivity contribution in [1.29, 1.82) is 0 Å². The molecule has 0 heterocycles. The van der Waals surface area contributed by atoms with E-state index in [2.05, 4.69) is 10.0 Å². The zero-order valence-electron chi connectivity index (χ0n) is 10.8. The van der Waals surface area contributed by atoms with E-state index in [0.29, 0.717) is 11.4 Å². The maximum absolute atomic E-state index is 11.5. The number of sulfonamides is 1. The Balaban J connectivity index is 2.52. The maximum atomic E-state index is 11.5. The number of halogens is 1. The second kappa shape index (κ2) is 6.88. The third kappa shape index (κ3) is 6.04. The summed E-state index contributed by atoms with van der Waals surface area (Å²) < 4.78 is 24.5. The van der Waals surface area contributed by atoms with Crippen LogP contribution in [-0.4, -0.2) is 33.2 Å². The van der Waals surface area contributed by atoms with Gasteiger partial charge in [0.05, 0.1) is 0 Å². The molecule has 1 rings (SSSR count). The van der Waals surface area contributed by atoms with E-state index in [9.17, 15) is 13.2 Å². The van der Waals surface area contributed by atoms with Crippen LogP contribution in [0.3, 0.4) is 0 Å². The number of hydrogen-bond donors (Lipinski definition) is 2. The number of carbonyl (C=O) groups is 1. The zero-order chi connectivity index (χ0) is 14.5. The lowest BCUT2D eigenvalue weighted by atomic mass is 10.1. The van der Waals surface area contributed by atoms with Crippen LogP contribution in [0.4, 0.5) is 0 Å². The maximum Gasteiger partial charge on any atom is 0.236 e. The largest absolute Gasteiger partial charge is 0.352 e. The highest BCUT2D eigenvalue weighted by Crippen LogP contribution is 2.12. The first-order valence-electron chi connectivity index (χ1n) is 5.77. The Hall–Kier alpha value is -1.11. The minimum absolute atomic E-state index is 0.168. The van der Waals surface area contributed by atoms with E-state index in [-0.39, 0.29) is 6.04 Å².